The monoisotopic (exact) mass is 280 g/mol. The first-order chi connectivity index (χ1) is 9.49. The summed E-state index contributed by atoms with van der Waals surface area (Å²) < 4.78 is 1.48. The van der Waals surface area contributed by atoms with Gasteiger partial charge in [0.25, 0.3) is 0 Å². The molecule has 0 saturated carbocycles. The largest absolute Gasteiger partial charge is 0.334 e. The summed E-state index contributed by atoms with van der Waals surface area (Å²) in [7, 11) is 3.28. The van der Waals surface area contributed by atoms with Crippen LogP contribution in [-0.2, 0) is 23.2 Å². The van der Waals surface area contributed by atoms with Crippen LogP contribution in [0.15, 0.2) is 0 Å². The molecule has 0 atom stereocenters. The number of aromatic nitrogens is 4. The first-order valence-corrected chi connectivity index (χ1v) is 6.74. The van der Waals surface area contributed by atoms with Gasteiger partial charge in [-0.15, -0.1) is 5.10 Å². The maximum atomic E-state index is 12.1. The first kappa shape index (κ1) is 14.4. The number of piperidine rings is 1. The molecule has 0 aromatic carbocycles. The van der Waals surface area contributed by atoms with Gasteiger partial charge in [0.15, 0.2) is 5.82 Å². The lowest BCUT2D eigenvalue weighted by Gasteiger charge is -2.30. The van der Waals surface area contributed by atoms with Gasteiger partial charge in [0.1, 0.15) is 0 Å². The molecule has 2 heterocycles. The van der Waals surface area contributed by atoms with Gasteiger partial charge in [-0.3, -0.25) is 9.59 Å². The van der Waals surface area contributed by atoms with E-state index in [0.29, 0.717) is 24.8 Å². The van der Waals surface area contributed by atoms with Gasteiger partial charge in [-0.05, 0) is 29.2 Å². The second kappa shape index (κ2) is 5.98. The minimum absolute atomic E-state index is 0.221. The predicted octanol–water partition coefficient (Wildman–Crippen LogP) is -0.573. The lowest BCUT2D eigenvalue weighted by atomic mass is 9.99. The minimum Gasteiger partial charge on any atom is -0.334 e. The molecule has 0 aliphatic carbocycles. The standard InChI is InChI=1S/C12H20N6O2/c1-9-4-6-18(7-5-9)12(20)11(19)16(2)8-10-13-14-15-17(10)3/h9H,4-8H2,1-3H3. The summed E-state index contributed by atoms with van der Waals surface area (Å²) in [6, 6.07) is 0. The quantitative estimate of drug-likeness (QED) is 0.677. The highest BCUT2D eigenvalue weighted by molar-refractivity contribution is 6.34. The van der Waals surface area contributed by atoms with E-state index in [0.717, 1.165) is 12.8 Å². The normalized spacial score (nSPS) is 16.2. The Hall–Kier alpha value is -1.99. The molecule has 1 saturated heterocycles. The third kappa shape index (κ3) is 3.12. The molecule has 20 heavy (non-hydrogen) atoms. The van der Waals surface area contributed by atoms with Gasteiger partial charge in [0.05, 0.1) is 6.54 Å². The Balaban J connectivity index is 1.93. The molecule has 1 aliphatic rings. The molecule has 1 aromatic heterocycles. The number of tetrazole rings is 1. The Morgan fingerprint density at radius 2 is 2.00 bits per heavy atom. The highest BCUT2D eigenvalue weighted by Gasteiger charge is 2.28. The number of likely N-dealkylation sites (N-methyl/N-ethyl adjacent to an activating group) is 1. The Labute approximate surface area is 117 Å². The summed E-state index contributed by atoms with van der Waals surface area (Å²) in [6.07, 6.45) is 1.91. The maximum absolute atomic E-state index is 12.1. The molecule has 0 bridgehead atoms. The van der Waals surface area contributed by atoms with Crippen molar-refractivity contribution in [3.8, 4) is 0 Å². The van der Waals surface area contributed by atoms with Gasteiger partial charge in [-0.25, -0.2) is 4.68 Å². The van der Waals surface area contributed by atoms with E-state index in [2.05, 4.69) is 22.4 Å². The topological polar surface area (TPSA) is 84.2 Å². The van der Waals surface area contributed by atoms with Gasteiger partial charge in [0, 0.05) is 27.2 Å². The molecule has 0 spiro atoms. The van der Waals surface area contributed by atoms with Crippen molar-refractivity contribution in [2.75, 3.05) is 20.1 Å². The molecule has 1 aliphatic heterocycles. The smallest absolute Gasteiger partial charge is 0.312 e. The SMILES string of the molecule is CC1CCN(C(=O)C(=O)N(C)Cc2nnnn2C)CC1. The van der Waals surface area contributed by atoms with Crippen LogP contribution >= 0.6 is 0 Å². The third-order valence-electron chi connectivity index (χ3n) is 3.69. The van der Waals surface area contributed by atoms with Crippen LogP contribution in [0.5, 0.6) is 0 Å². The zero-order chi connectivity index (χ0) is 14.7. The van der Waals surface area contributed by atoms with Crippen LogP contribution in [0.25, 0.3) is 0 Å². The van der Waals surface area contributed by atoms with Gasteiger partial charge in [0.2, 0.25) is 0 Å². The van der Waals surface area contributed by atoms with Crippen molar-refractivity contribution in [1.29, 1.82) is 0 Å². The van der Waals surface area contributed by atoms with Crippen molar-refractivity contribution >= 4 is 11.8 Å². The van der Waals surface area contributed by atoms with Crippen LogP contribution < -0.4 is 0 Å². The van der Waals surface area contributed by atoms with E-state index in [1.54, 1.807) is 19.0 Å². The summed E-state index contributed by atoms with van der Waals surface area (Å²) in [4.78, 5) is 27.2. The summed E-state index contributed by atoms with van der Waals surface area (Å²) in [5.41, 5.74) is 0. The van der Waals surface area contributed by atoms with E-state index >= 15 is 0 Å². The Bertz CT molecular complexity index is 492. The van der Waals surface area contributed by atoms with Crippen LogP contribution in [0.1, 0.15) is 25.6 Å². The number of amides is 2. The number of aryl methyl sites for hydroxylation is 1. The molecule has 110 valence electrons. The number of carbonyl (C=O) groups is 2. The van der Waals surface area contributed by atoms with Crippen LogP contribution in [-0.4, -0.2) is 62.0 Å². The number of carbonyl (C=O) groups excluding carboxylic acids is 2. The Morgan fingerprint density at radius 1 is 1.35 bits per heavy atom. The highest BCUT2D eigenvalue weighted by Crippen LogP contribution is 2.16. The van der Waals surface area contributed by atoms with E-state index in [1.165, 1.54) is 9.58 Å². The van der Waals surface area contributed by atoms with E-state index in [9.17, 15) is 9.59 Å². The molecule has 1 aromatic rings. The van der Waals surface area contributed by atoms with Crippen LogP contribution in [0, 0.1) is 5.92 Å². The van der Waals surface area contributed by atoms with Gasteiger partial charge < -0.3 is 9.80 Å². The van der Waals surface area contributed by atoms with E-state index < -0.39 is 11.8 Å². The molecule has 2 rings (SSSR count). The average molecular weight is 280 g/mol. The highest BCUT2D eigenvalue weighted by atomic mass is 16.2. The van der Waals surface area contributed by atoms with E-state index in [1.807, 2.05) is 0 Å². The van der Waals surface area contributed by atoms with Crippen molar-refractivity contribution in [1.82, 2.24) is 30.0 Å². The average Bonchev–Trinajstić information content (AvgIpc) is 2.83. The van der Waals surface area contributed by atoms with Crippen molar-refractivity contribution in [3.63, 3.8) is 0 Å². The van der Waals surface area contributed by atoms with Gasteiger partial charge in [-0.2, -0.15) is 0 Å². The van der Waals surface area contributed by atoms with Crippen molar-refractivity contribution in [2.24, 2.45) is 13.0 Å². The summed E-state index contributed by atoms with van der Waals surface area (Å²) in [5, 5.41) is 11.0. The molecular weight excluding hydrogens is 260 g/mol. The summed E-state index contributed by atoms with van der Waals surface area (Å²) in [6.45, 7) is 3.70. The van der Waals surface area contributed by atoms with Crippen LogP contribution in [0.4, 0.5) is 0 Å². The van der Waals surface area contributed by atoms with Crippen LogP contribution in [0.3, 0.4) is 0 Å². The van der Waals surface area contributed by atoms with Crippen molar-refractivity contribution in [3.05, 3.63) is 5.82 Å². The van der Waals surface area contributed by atoms with Gasteiger partial charge >= 0.3 is 11.8 Å². The number of hydrogen-bond acceptors (Lipinski definition) is 5. The molecule has 8 nitrogen and oxygen atoms in total. The van der Waals surface area contributed by atoms with Gasteiger partial charge in [-0.1, -0.05) is 6.92 Å². The first-order valence-electron chi connectivity index (χ1n) is 6.74. The fourth-order valence-electron chi connectivity index (χ4n) is 2.18. The second-order valence-corrected chi connectivity index (χ2v) is 5.35. The zero-order valence-electron chi connectivity index (χ0n) is 12.1. The lowest BCUT2D eigenvalue weighted by molar-refractivity contribution is -0.152. The summed E-state index contributed by atoms with van der Waals surface area (Å²) in [5.74, 6) is 0.217. The molecule has 0 unspecified atom stereocenters. The minimum atomic E-state index is -0.512. The predicted molar refractivity (Wildman–Crippen MR) is 70.3 cm³/mol. The van der Waals surface area contributed by atoms with Crippen molar-refractivity contribution < 1.29 is 9.59 Å². The van der Waals surface area contributed by atoms with E-state index in [4.69, 9.17) is 0 Å². The Morgan fingerprint density at radius 3 is 2.55 bits per heavy atom. The molecule has 1 fully saturated rings. The number of nitrogens with zero attached hydrogens (tertiary/aromatic N) is 6. The third-order valence-corrected chi connectivity index (χ3v) is 3.69. The summed E-state index contributed by atoms with van der Waals surface area (Å²) >= 11 is 0. The lowest BCUT2D eigenvalue weighted by Crippen LogP contribution is -2.46. The Kier molecular flexibility index (Phi) is 4.31. The second-order valence-electron chi connectivity index (χ2n) is 5.35. The van der Waals surface area contributed by atoms with Crippen molar-refractivity contribution in [2.45, 2.75) is 26.3 Å². The molecule has 8 heteroatoms. The fraction of sp³-hybridized carbons (Fsp3) is 0.750. The molecule has 0 N–H and O–H groups in total. The molecule has 0 radical (unpaired) electrons. The zero-order valence-corrected chi connectivity index (χ0v) is 12.1. The fourth-order valence-corrected chi connectivity index (χ4v) is 2.18. The number of rotatable bonds is 2. The van der Waals surface area contributed by atoms with Crippen LogP contribution in [0.2, 0.25) is 0 Å². The molecule has 2 amide bonds. The number of likely N-dealkylation sites (tertiary alicyclic amines) is 1. The molecular formula is C12H20N6O2. The maximum Gasteiger partial charge on any atom is 0.312 e. The van der Waals surface area contributed by atoms with E-state index in [-0.39, 0.29) is 6.54 Å². The number of hydrogen-bond donors (Lipinski definition) is 0.